The number of nitrogens with one attached hydrogen (secondary N) is 1. The minimum absolute atomic E-state index is 0.0287. The Morgan fingerprint density at radius 3 is 3.21 bits per heavy atom. The number of nitrogens with zero attached hydrogens (tertiary/aromatic N) is 1. The maximum atomic E-state index is 6.08. The number of rotatable bonds is 3. The van der Waals surface area contributed by atoms with Gasteiger partial charge in [0, 0.05) is 22.8 Å². The van der Waals surface area contributed by atoms with Crippen molar-refractivity contribution in [2.75, 3.05) is 11.9 Å². The van der Waals surface area contributed by atoms with Crippen molar-refractivity contribution in [3.8, 4) is 0 Å². The van der Waals surface area contributed by atoms with Gasteiger partial charge in [0.1, 0.15) is 5.82 Å². The summed E-state index contributed by atoms with van der Waals surface area (Å²) in [5, 5.41) is 7.02. The first kappa shape index (κ1) is 12.9. The standard InChI is InChI=1S/C15H21N3S/c1-11-3-2-6-15(9-11,10-16)18-14-12-5-8-19-13(12)4-7-17-14/h4-5,7-8,11H,2-3,6,9-10,16H2,1H3,(H,17,18). The first-order valence-corrected chi connectivity index (χ1v) is 7.91. The summed E-state index contributed by atoms with van der Waals surface area (Å²) in [6.45, 7) is 3.00. The molecule has 2 unspecified atom stereocenters. The largest absolute Gasteiger partial charge is 0.363 e. The van der Waals surface area contributed by atoms with Crippen molar-refractivity contribution in [3.05, 3.63) is 23.7 Å². The van der Waals surface area contributed by atoms with E-state index in [1.54, 1.807) is 11.3 Å². The summed E-state index contributed by atoms with van der Waals surface area (Å²) < 4.78 is 1.29. The summed E-state index contributed by atoms with van der Waals surface area (Å²) in [5.41, 5.74) is 6.11. The summed E-state index contributed by atoms with van der Waals surface area (Å²) in [4.78, 5) is 4.53. The fraction of sp³-hybridized carbons (Fsp3) is 0.533. The van der Waals surface area contributed by atoms with Crippen LogP contribution >= 0.6 is 11.3 Å². The van der Waals surface area contributed by atoms with Crippen LogP contribution in [0.15, 0.2) is 23.7 Å². The lowest BCUT2D eigenvalue weighted by Gasteiger charge is -2.40. The van der Waals surface area contributed by atoms with Gasteiger partial charge in [-0.3, -0.25) is 0 Å². The number of hydrogen-bond donors (Lipinski definition) is 2. The average molecular weight is 275 g/mol. The Kier molecular flexibility index (Phi) is 3.46. The van der Waals surface area contributed by atoms with Crippen LogP contribution in [-0.4, -0.2) is 17.1 Å². The monoisotopic (exact) mass is 275 g/mol. The fourth-order valence-corrected chi connectivity index (χ4v) is 4.04. The fourth-order valence-electron chi connectivity index (χ4n) is 3.26. The number of pyridine rings is 1. The molecule has 0 amide bonds. The summed E-state index contributed by atoms with van der Waals surface area (Å²) in [7, 11) is 0. The van der Waals surface area contributed by atoms with E-state index in [1.165, 1.54) is 22.9 Å². The molecule has 19 heavy (non-hydrogen) atoms. The van der Waals surface area contributed by atoms with Gasteiger partial charge < -0.3 is 11.1 Å². The SMILES string of the molecule is CC1CCCC(CN)(Nc2nccc3sccc23)C1. The molecule has 3 N–H and O–H groups in total. The minimum Gasteiger partial charge on any atom is -0.363 e. The van der Waals surface area contributed by atoms with Crippen LogP contribution in [-0.2, 0) is 0 Å². The summed E-state index contributed by atoms with van der Waals surface area (Å²) >= 11 is 1.76. The van der Waals surface area contributed by atoms with Crippen LogP contribution in [0, 0.1) is 5.92 Å². The zero-order valence-electron chi connectivity index (χ0n) is 11.4. The van der Waals surface area contributed by atoms with E-state index < -0.39 is 0 Å². The van der Waals surface area contributed by atoms with Gasteiger partial charge in [0.25, 0.3) is 0 Å². The lowest BCUT2D eigenvalue weighted by atomic mass is 9.76. The van der Waals surface area contributed by atoms with Crippen molar-refractivity contribution < 1.29 is 0 Å². The first-order chi connectivity index (χ1) is 9.22. The summed E-state index contributed by atoms with van der Waals surface area (Å²) in [6, 6.07) is 4.22. The summed E-state index contributed by atoms with van der Waals surface area (Å²) in [5.74, 6) is 1.74. The van der Waals surface area contributed by atoms with Crippen LogP contribution in [0.3, 0.4) is 0 Å². The highest BCUT2D eigenvalue weighted by Crippen LogP contribution is 2.36. The predicted octanol–water partition coefficient (Wildman–Crippen LogP) is 3.62. The van der Waals surface area contributed by atoms with Crippen LogP contribution in [0.5, 0.6) is 0 Å². The Labute approximate surface area is 118 Å². The van der Waals surface area contributed by atoms with Gasteiger partial charge in [-0.05, 0) is 36.3 Å². The quantitative estimate of drug-likeness (QED) is 0.899. The third-order valence-corrected chi connectivity index (χ3v) is 5.13. The van der Waals surface area contributed by atoms with Gasteiger partial charge >= 0.3 is 0 Å². The highest BCUT2D eigenvalue weighted by atomic mass is 32.1. The van der Waals surface area contributed by atoms with Crippen molar-refractivity contribution in [1.29, 1.82) is 0 Å². The van der Waals surface area contributed by atoms with Crippen molar-refractivity contribution in [3.63, 3.8) is 0 Å². The van der Waals surface area contributed by atoms with Gasteiger partial charge in [0.2, 0.25) is 0 Å². The molecule has 1 aliphatic carbocycles. The molecule has 1 saturated carbocycles. The van der Waals surface area contributed by atoms with Crippen molar-refractivity contribution in [1.82, 2.24) is 4.98 Å². The normalized spacial score (nSPS) is 27.6. The molecule has 2 aromatic rings. The molecular formula is C15H21N3S. The molecule has 0 spiro atoms. The van der Waals surface area contributed by atoms with Gasteiger partial charge in [0.15, 0.2) is 0 Å². The van der Waals surface area contributed by atoms with E-state index in [9.17, 15) is 0 Å². The molecule has 2 aromatic heterocycles. The molecule has 4 heteroatoms. The molecule has 3 rings (SSSR count). The molecule has 102 valence electrons. The van der Waals surface area contributed by atoms with Crippen molar-refractivity contribution in [2.45, 2.75) is 38.1 Å². The van der Waals surface area contributed by atoms with E-state index >= 15 is 0 Å². The molecule has 2 heterocycles. The van der Waals surface area contributed by atoms with E-state index in [0.717, 1.165) is 24.6 Å². The Balaban J connectivity index is 1.92. The zero-order chi connectivity index (χ0) is 13.3. The van der Waals surface area contributed by atoms with Crippen LogP contribution < -0.4 is 11.1 Å². The number of nitrogens with two attached hydrogens (primary N) is 1. The van der Waals surface area contributed by atoms with Gasteiger partial charge in [-0.2, -0.15) is 0 Å². The number of hydrogen-bond acceptors (Lipinski definition) is 4. The van der Waals surface area contributed by atoms with Gasteiger partial charge in [-0.1, -0.05) is 19.8 Å². The molecule has 0 bridgehead atoms. The van der Waals surface area contributed by atoms with Crippen LogP contribution in [0.25, 0.3) is 10.1 Å². The Morgan fingerprint density at radius 1 is 1.53 bits per heavy atom. The number of fused-ring (bicyclic) bond motifs is 1. The number of aromatic nitrogens is 1. The number of thiophene rings is 1. The predicted molar refractivity (Wildman–Crippen MR) is 82.7 cm³/mol. The van der Waals surface area contributed by atoms with E-state index in [2.05, 4.69) is 34.7 Å². The third-order valence-electron chi connectivity index (χ3n) is 4.25. The second kappa shape index (κ2) is 5.10. The van der Waals surface area contributed by atoms with Crippen LogP contribution in [0.4, 0.5) is 5.82 Å². The van der Waals surface area contributed by atoms with E-state index in [0.29, 0.717) is 6.54 Å². The third kappa shape index (κ3) is 2.47. The highest BCUT2D eigenvalue weighted by molar-refractivity contribution is 7.17. The zero-order valence-corrected chi connectivity index (χ0v) is 12.2. The molecule has 1 aliphatic rings. The Morgan fingerprint density at radius 2 is 2.42 bits per heavy atom. The van der Waals surface area contributed by atoms with E-state index in [-0.39, 0.29) is 5.54 Å². The molecule has 0 saturated heterocycles. The minimum atomic E-state index is 0.0287. The molecule has 0 aromatic carbocycles. The lowest BCUT2D eigenvalue weighted by Crippen LogP contribution is -2.48. The Hall–Kier alpha value is -1.13. The molecule has 2 atom stereocenters. The second-order valence-electron chi connectivity index (χ2n) is 5.80. The maximum Gasteiger partial charge on any atom is 0.135 e. The smallest absolute Gasteiger partial charge is 0.135 e. The molecule has 0 aliphatic heterocycles. The van der Waals surface area contributed by atoms with Crippen molar-refractivity contribution >= 4 is 27.2 Å². The van der Waals surface area contributed by atoms with Gasteiger partial charge in [0.05, 0.1) is 5.54 Å². The van der Waals surface area contributed by atoms with Crippen LogP contribution in [0.1, 0.15) is 32.6 Å². The van der Waals surface area contributed by atoms with Crippen molar-refractivity contribution in [2.24, 2.45) is 11.7 Å². The molecule has 1 fully saturated rings. The number of anilines is 1. The maximum absolute atomic E-state index is 6.08. The first-order valence-electron chi connectivity index (χ1n) is 7.03. The average Bonchev–Trinajstić information content (AvgIpc) is 2.88. The highest BCUT2D eigenvalue weighted by Gasteiger charge is 2.34. The molecule has 3 nitrogen and oxygen atoms in total. The van der Waals surface area contributed by atoms with E-state index in [1.807, 2.05) is 6.20 Å². The topological polar surface area (TPSA) is 50.9 Å². The molecular weight excluding hydrogens is 254 g/mol. The van der Waals surface area contributed by atoms with Gasteiger partial charge in [-0.25, -0.2) is 4.98 Å². The van der Waals surface area contributed by atoms with Gasteiger partial charge in [-0.15, -0.1) is 11.3 Å². The molecule has 0 radical (unpaired) electrons. The van der Waals surface area contributed by atoms with E-state index in [4.69, 9.17) is 5.73 Å². The lowest BCUT2D eigenvalue weighted by molar-refractivity contribution is 0.263. The Bertz CT molecular complexity index is 565. The van der Waals surface area contributed by atoms with Crippen LogP contribution in [0.2, 0.25) is 0 Å². The summed E-state index contributed by atoms with van der Waals surface area (Å²) in [6.07, 6.45) is 6.75. The second-order valence-corrected chi connectivity index (χ2v) is 6.75.